The number of hydrogen-bond acceptors (Lipinski definition) is 2. The molecule has 1 saturated carbocycles. The Morgan fingerprint density at radius 2 is 1.90 bits per heavy atom. The second kappa shape index (κ2) is 5.16. The van der Waals surface area contributed by atoms with Gasteiger partial charge < -0.3 is 0 Å². The fraction of sp³-hybridized carbons (Fsp3) is 0.529. The summed E-state index contributed by atoms with van der Waals surface area (Å²) >= 11 is 0. The van der Waals surface area contributed by atoms with Crippen molar-refractivity contribution >= 4 is 15.6 Å². The molecule has 2 atom stereocenters. The topological polar surface area (TPSA) is 37.4 Å². The van der Waals surface area contributed by atoms with Gasteiger partial charge in [0.15, 0.2) is 0 Å². The molecule has 4 heteroatoms. The Bertz CT molecular complexity index is 651. The van der Waals surface area contributed by atoms with Crippen LogP contribution in [0.3, 0.4) is 0 Å². The van der Waals surface area contributed by atoms with Crippen LogP contribution in [-0.4, -0.2) is 25.5 Å². The van der Waals surface area contributed by atoms with Crippen LogP contribution in [0.1, 0.15) is 38.2 Å². The zero-order valence-electron chi connectivity index (χ0n) is 12.7. The van der Waals surface area contributed by atoms with Crippen LogP contribution in [0.4, 0.5) is 0 Å². The molecule has 1 aliphatic carbocycles. The van der Waals surface area contributed by atoms with Gasteiger partial charge in [0.05, 0.1) is 6.26 Å². The first-order valence-corrected chi connectivity index (χ1v) is 9.50. The average Bonchev–Trinajstić information content (AvgIpc) is 2.45. The first-order valence-electron chi connectivity index (χ1n) is 7.66. The van der Waals surface area contributed by atoms with Gasteiger partial charge in [0.2, 0.25) is 10.0 Å². The molecule has 0 aromatic heterocycles. The van der Waals surface area contributed by atoms with E-state index in [1.54, 1.807) is 4.31 Å². The molecule has 0 saturated heterocycles. The minimum absolute atomic E-state index is 0.0980. The Labute approximate surface area is 127 Å². The van der Waals surface area contributed by atoms with Gasteiger partial charge in [0, 0.05) is 12.7 Å². The highest BCUT2D eigenvalue weighted by molar-refractivity contribution is 7.88. The second-order valence-corrected chi connectivity index (χ2v) is 8.54. The van der Waals surface area contributed by atoms with E-state index in [1.807, 2.05) is 24.4 Å². The number of sulfonamides is 1. The van der Waals surface area contributed by atoms with E-state index in [9.17, 15) is 8.42 Å². The fourth-order valence-electron chi connectivity index (χ4n) is 3.87. The van der Waals surface area contributed by atoms with Gasteiger partial charge in [-0.3, -0.25) is 4.31 Å². The predicted octanol–water partition coefficient (Wildman–Crippen LogP) is 3.50. The summed E-state index contributed by atoms with van der Waals surface area (Å²) in [5.74, 6) is 0.418. The molecule has 0 radical (unpaired) electrons. The number of hydrogen-bond donors (Lipinski definition) is 0. The van der Waals surface area contributed by atoms with Crippen molar-refractivity contribution in [3.05, 3.63) is 42.1 Å². The zero-order valence-corrected chi connectivity index (χ0v) is 13.6. The molecule has 1 heterocycles. The van der Waals surface area contributed by atoms with Crippen LogP contribution in [0.15, 0.2) is 36.5 Å². The lowest BCUT2D eigenvalue weighted by Gasteiger charge is -2.48. The summed E-state index contributed by atoms with van der Waals surface area (Å²) in [6, 6.07) is 10.2. The summed E-state index contributed by atoms with van der Waals surface area (Å²) in [6.45, 7) is 2.95. The molecule has 21 heavy (non-hydrogen) atoms. The van der Waals surface area contributed by atoms with E-state index in [0.29, 0.717) is 12.5 Å². The van der Waals surface area contributed by atoms with Crippen molar-refractivity contribution in [1.82, 2.24) is 4.31 Å². The number of benzene rings is 1. The molecule has 3 rings (SSSR count). The molecule has 1 aromatic carbocycles. The zero-order chi connectivity index (χ0) is 15.1. The third-order valence-corrected chi connectivity index (χ3v) is 6.31. The summed E-state index contributed by atoms with van der Waals surface area (Å²) in [7, 11) is -3.19. The number of fused-ring (bicyclic) bond motifs is 1. The van der Waals surface area contributed by atoms with Crippen LogP contribution in [-0.2, 0) is 10.0 Å². The van der Waals surface area contributed by atoms with Gasteiger partial charge in [-0.25, -0.2) is 8.42 Å². The Hall–Kier alpha value is -1.29. The summed E-state index contributed by atoms with van der Waals surface area (Å²) in [5, 5.41) is 0. The minimum Gasteiger partial charge on any atom is -0.277 e. The lowest BCUT2D eigenvalue weighted by molar-refractivity contribution is 0.151. The highest BCUT2D eigenvalue weighted by atomic mass is 32.2. The second-order valence-electron chi connectivity index (χ2n) is 6.60. The molecule has 3 nitrogen and oxygen atoms in total. The molecule has 1 aliphatic heterocycles. The summed E-state index contributed by atoms with van der Waals surface area (Å²) in [4.78, 5) is 0. The van der Waals surface area contributed by atoms with Crippen LogP contribution < -0.4 is 0 Å². The molecule has 0 bridgehead atoms. The molecule has 0 spiro atoms. The summed E-state index contributed by atoms with van der Waals surface area (Å²) in [6.07, 6.45) is 7.89. The van der Waals surface area contributed by atoms with Crippen molar-refractivity contribution in [2.24, 2.45) is 11.3 Å². The van der Waals surface area contributed by atoms with E-state index in [-0.39, 0.29) is 5.41 Å². The fourth-order valence-corrected chi connectivity index (χ4v) is 4.62. The maximum Gasteiger partial charge on any atom is 0.231 e. The lowest BCUT2D eigenvalue weighted by Crippen LogP contribution is -2.45. The van der Waals surface area contributed by atoms with Crippen LogP contribution >= 0.6 is 0 Å². The quantitative estimate of drug-likeness (QED) is 0.838. The minimum atomic E-state index is -3.19. The van der Waals surface area contributed by atoms with Crippen LogP contribution in [0, 0.1) is 11.3 Å². The van der Waals surface area contributed by atoms with Gasteiger partial charge in [-0.2, -0.15) is 0 Å². The van der Waals surface area contributed by atoms with Crippen molar-refractivity contribution in [2.45, 2.75) is 32.6 Å². The van der Waals surface area contributed by atoms with E-state index in [2.05, 4.69) is 19.1 Å². The maximum atomic E-state index is 12.0. The summed E-state index contributed by atoms with van der Waals surface area (Å²) < 4.78 is 25.6. The Morgan fingerprint density at radius 3 is 2.57 bits per heavy atom. The van der Waals surface area contributed by atoms with Gasteiger partial charge in [-0.05, 0) is 35.3 Å². The molecular weight excluding hydrogens is 282 g/mol. The lowest BCUT2D eigenvalue weighted by atomic mass is 9.61. The Kier molecular flexibility index (Phi) is 3.60. The van der Waals surface area contributed by atoms with E-state index in [0.717, 1.165) is 18.4 Å². The van der Waals surface area contributed by atoms with Crippen LogP contribution in [0.25, 0.3) is 5.57 Å². The van der Waals surface area contributed by atoms with Gasteiger partial charge in [0.25, 0.3) is 0 Å². The third kappa shape index (κ3) is 2.61. The first kappa shape index (κ1) is 14.6. The Morgan fingerprint density at radius 1 is 1.19 bits per heavy atom. The molecular formula is C17H23NO2S. The van der Waals surface area contributed by atoms with Gasteiger partial charge in [0.1, 0.15) is 0 Å². The van der Waals surface area contributed by atoms with Crippen LogP contribution in [0.2, 0.25) is 0 Å². The third-order valence-electron chi connectivity index (χ3n) is 5.20. The molecule has 2 aliphatic rings. The van der Waals surface area contributed by atoms with Crippen molar-refractivity contribution < 1.29 is 8.42 Å². The van der Waals surface area contributed by atoms with Crippen molar-refractivity contribution in [3.8, 4) is 0 Å². The van der Waals surface area contributed by atoms with Crippen molar-refractivity contribution in [1.29, 1.82) is 0 Å². The van der Waals surface area contributed by atoms with E-state index in [4.69, 9.17) is 0 Å². The molecule has 114 valence electrons. The van der Waals surface area contributed by atoms with Gasteiger partial charge in [-0.1, -0.05) is 50.1 Å². The van der Waals surface area contributed by atoms with E-state index >= 15 is 0 Å². The Balaban J connectivity index is 2.12. The number of allylic oxidation sites excluding steroid dienone is 1. The molecule has 0 amide bonds. The van der Waals surface area contributed by atoms with Gasteiger partial charge in [-0.15, -0.1) is 0 Å². The largest absolute Gasteiger partial charge is 0.277 e. The van der Waals surface area contributed by atoms with Gasteiger partial charge >= 0.3 is 0 Å². The molecule has 1 fully saturated rings. The standard InChI is InChI=1S/C17H23NO2S/c1-17-11-7-6-10-15(17)12-18(21(2,19)20)13-16(17)14-8-4-3-5-9-14/h3-5,8-9,13,15H,6-7,10-12H2,1-2H3. The SMILES string of the molecule is CC12CCCCC1CN(S(C)(=O)=O)C=C2c1ccccc1. The first-order chi connectivity index (χ1) is 9.91. The van der Waals surface area contributed by atoms with Crippen molar-refractivity contribution in [2.75, 3.05) is 12.8 Å². The van der Waals surface area contributed by atoms with Crippen LogP contribution in [0.5, 0.6) is 0 Å². The van der Waals surface area contributed by atoms with E-state index < -0.39 is 10.0 Å². The average molecular weight is 305 g/mol. The summed E-state index contributed by atoms with van der Waals surface area (Å²) in [5.41, 5.74) is 2.44. The molecule has 1 aromatic rings. The maximum absolute atomic E-state index is 12.0. The highest BCUT2D eigenvalue weighted by Crippen LogP contribution is 2.52. The molecule has 0 N–H and O–H groups in total. The predicted molar refractivity (Wildman–Crippen MR) is 86.0 cm³/mol. The number of nitrogens with zero attached hydrogens (tertiary/aromatic N) is 1. The smallest absolute Gasteiger partial charge is 0.231 e. The number of rotatable bonds is 2. The normalized spacial score (nSPS) is 29.7. The van der Waals surface area contributed by atoms with Crippen molar-refractivity contribution in [3.63, 3.8) is 0 Å². The monoisotopic (exact) mass is 305 g/mol. The highest BCUT2D eigenvalue weighted by Gasteiger charge is 2.44. The van der Waals surface area contributed by atoms with E-state index in [1.165, 1.54) is 24.7 Å². The molecule has 2 unspecified atom stereocenters.